The first-order valence-electron chi connectivity index (χ1n) is 15.4. The van der Waals surface area contributed by atoms with Crippen LogP contribution < -0.4 is 10.1 Å². The Morgan fingerprint density at radius 3 is 2.39 bits per heavy atom. The lowest BCUT2D eigenvalue weighted by Gasteiger charge is -2.10. The van der Waals surface area contributed by atoms with Crippen molar-refractivity contribution in [3.05, 3.63) is 71.6 Å². The first kappa shape index (κ1) is 34.0. The van der Waals surface area contributed by atoms with E-state index in [0.29, 0.717) is 87.6 Å². The van der Waals surface area contributed by atoms with Crippen molar-refractivity contribution in [3.8, 4) is 22.1 Å². The van der Waals surface area contributed by atoms with Crippen molar-refractivity contribution in [1.82, 2.24) is 15.3 Å². The summed E-state index contributed by atoms with van der Waals surface area (Å²) < 4.78 is 57.6. The van der Waals surface area contributed by atoms with E-state index >= 15 is 0 Å². The van der Waals surface area contributed by atoms with Crippen molar-refractivity contribution >= 4 is 27.3 Å². The van der Waals surface area contributed by atoms with Gasteiger partial charge in [-0.2, -0.15) is 4.39 Å². The van der Waals surface area contributed by atoms with E-state index in [2.05, 4.69) is 15.3 Å². The number of nitrogens with one attached hydrogen (secondary N) is 1. The first-order chi connectivity index (χ1) is 22.5. The van der Waals surface area contributed by atoms with E-state index in [1.54, 1.807) is 19.4 Å². The van der Waals surface area contributed by atoms with Crippen LogP contribution in [0.5, 0.6) is 11.5 Å². The number of hydrogen-bond donors (Lipinski definition) is 1. The van der Waals surface area contributed by atoms with Crippen LogP contribution in [-0.4, -0.2) is 75.7 Å². The maximum Gasteiger partial charge on any atom is 0.201 e. The largest absolute Gasteiger partial charge is 0.453 e. The van der Waals surface area contributed by atoms with Crippen molar-refractivity contribution in [1.29, 1.82) is 0 Å². The van der Waals surface area contributed by atoms with E-state index in [1.165, 1.54) is 23.5 Å². The van der Waals surface area contributed by atoms with Crippen molar-refractivity contribution in [2.45, 2.75) is 32.2 Å². The number of Topliss-reactive ketones (excluding diaryl/α,β-unsaturated/α-hetero) is 1. The molecule has 0 aliphatic heterocycles. The van der Waals surface area contributed by atoms with Crippen LogP contribution in [0.4, 0.5) is 8.78 Å². The van der Waals surface area contributed by atoms with Crippen molar-refractivity contribution in [2.24, 2.45) is 5.92 Å². The number of thiophene rings is 1. The van der Waals surface area contributed by atoms with Gasteiger partial charge in [0.05, 0.1) is 67.0 Å². The number of nitrogens with zero attached hydrogens (tertiary/aromatic N) is 2. The minimum absolute atomic E-state index is 0.0457. The molecule has 0 atom stereocenters. The second-order valence-corrected chi connectivity index (χ2v) is 12.1. The van der Waals surface area contributed by atoms with E-state index in [9.17, 15) is 13.6 Å². The summed E-state index contributed by atoms with van der Waals surface area (Å²) >= 11 is 1.41. The van der Waals surface area contributed by atoms with Gasteiger partial charge >= 0.3 is 0 Å². The highest BCUT2D eigenvalue weighted by Gasteiger charge is 2.25. The Hall–Kier alpha value is -3.39. The Bertz CT molecular complexity index is 1560. The third-order valence-electron chi connectivity index (χ3n) is 7.33. The van der Waals surface area contributed by atoms with Gasteiger partial charge in [-0.1, -0.05) is 12.1 Å². The number of carbonyl (C=O) groups excluding carboxylic acids is 1. The molecule has 1 aromatic carbocycles. The molecule has 5 rings (SSSR count). The number of ether oxygens (including phenoxy) is 5. The van der Waals surface area contributed by atoms with Gasteiger partial charge in [-0.15, -0.1) is 11.3 Å². The molecule has 246 valence electrons. The molecule has 1 N–H and O–H groups in total. The molecule has 12 heteroatoms. The third kappa shape index (κ3) is 10.1. The van der Waals surface area contributed by atoms with E-state index in [-0.39, 0.29) is 23.5 Å². The summed E-state index contributed by atoms with van der Waals surface area (Å²) in [6.07, 6.45) is 5.74. The Balaban J connectivity index is 1.08. The quantitative estimate of drug-likeness (QED) is 0.106. The Morgan fingerprint density at radius 2 is 1.67 bits per heavy atom. The molecule has 0 spiro atoms. The number of carbonyl (C=O) groups is 1. The van der Waals surface area contributed by atoms with Crippen LogP contribution in [0.3, 0.4) is 0 Å². The summed E-state index contributed by atoms with van der Waals surface area (Å²) in [4.78, 5) is 22.1. The average Bonchev–Trinajstić information content (AvgIpc) is 3.76. The van der Waals surface area contributed by atoms with E-state index in [4.69, 9.17) is 23.7 Å². The highest BCUT2D eigenvalue weighted by Crippen LogP contribution is 2.39. The normalized spacial score (nSPS) is 13.0. The van der Waals surface area contributed by atoms with E-state index in [1.807, 2.05) is 24.4 Å². The third-order valence-corrected chi connectivity index (χ3v) is 8.49. The lowest BCUT2D eigenvalue weighted by atomic mass is 10.0. The fourth-order valence-electron chi connectivity index (χ4n) is 4.69. The topological polar surface area (TPSA) is 101 Å². The van der Waals surface area contributed by atoms with Crippen LogP contribution in [0.1, 0.15) is 30.4 Å². The molecule has 0 unspecified atom stereocenters. The van der Waals surface area contributed by atoms with Crippen molar-refractivity contribution in [3.63, 3.8) is 0 Å². The number of pyridine rings is 2. The monoisotopic (exact) mass is 655 g/mol. The van der Waals surface area contributed by atoms with Crippen LogP contribution in [0, 0.1) is 17.6 Å². The molecule has 3 aromatic heterocycles. The van der Waals surface area contributed by atoms with Gasteiger partial charge in [-0.25, -0.2) is 4.39 Å². The summed E-state index contributed by atoms with van der Waals surface area (Å²) in [7, 11) is 1.64. The van der Waals surface area contributed by atoms with E-state index < -0.39 is 11.6 Å². The van der Waals surface area contributed by atoms with Crippen LogP contribution >= 0.6 is 11.3 Å². The molecule has 1 saturated carbocycles. The van der Waals surface area contributed by atoms with Gasteiger partial charge in [0.1, 0.15) is 11.5 Å². The lowest BCUT2D eigenvalue weighted by molar-refractivity contribution is -0.118. The number of aromatic nitrogens is 2. The predicted molar refractivity (Wildman–Crippen MR) is 171 cm³/mol. The Labute approximate surface area is 271 Å². The number of benzene rings is 1. The molecule has 9 nitrogen and oxygen atoms in total. The summed E-state index contributed by atoms with van der Waals surface area (Å²) in [5.41, 5.74) is 2.50. The zero-order valence-electron chi connectivity index (χ0n) is 25.9. The Morgan fingerprint density at radius 1 is 0.913 bits per heavy atom. The molecular weight excluding hydrogens is 616 g/mol. The molecule has 0 radical (unpaired) electrons. The molecule has 1 fully saturated rings. The highest BCUT2D eigenvalue weighted by molar-refractivity contribution is 7.22. The summed E-state index contributed by atoms with van der Waals surface area (Å²) in [5, 5.41) is 3.34. The standard InChI is InChI=1S/C34H39F2N3O6S/c1-41-12-13-43-16-17-44-15-14-42-11-10-37-21-24-4-6-27(39-22-24)31-20-28-34(46-31)30(8-9-38-28)45-29-7-5-25(32(35)33(29)36)19-26(40)18-23-2-3-23/h4-9,20,22-23,37H,2-3,10-19,21H2,1H3. The number of methoxy groups -OCH3 is 1. The van der Waals surface area contributed by atoms with Crippen molar-refractivity contribution in [2.75, 3.05) is 59.9 Å². The number of hydrogen-bond acceptors (Lipinski definition) is 10. The zero-order chi connectivity index (χ0) is 32.1. The lowest BCUT2D eigenvalue weighted by Crippen LogP contribution is -2.20. The fraction of sp³-hybridized carbons (Fsp3) is 0.441. The van der Waals surface area contributed by atoms with Crippen molar-refractivity contribution < 1.29 is 37.3 Å². The molecule has 0 amide bonds. The molecule has 1 aliphatic rings. The smallest absolute Gasteiger partial charge is 0.201 e. The number of halogens is 2. The molecule has 3 heterocycles. The second kappa shape index (κ2) is 17.5. The summed E-state index contributed by atoms with van der Waals surface area (Å²) in [6.45, 7) is 5.16. The summed E-state index contributed by atoms with van der Waals surface area (Å²) in [5.74, 6) is -1.72. The Kier molecular flexibility index (Phi) is 12.9. The van der Waals surface area contributed by atoms with E-state index in [0.717, 1.165) is 29.0 Å². The van der Waals surface area contributed by atoms with Gasteiger partial charge < -0.3 is 29.0 Å². The maximum absolute atomic E-state index is 15.0. The van der Waals surface area contributed by atoms with Crippen LogP contribution in [0.2, 0.25) is 0 Å². The van der Waals surface area contributed by atoms with Gasteiger partial charge in [0, 0.05) is 51.5 Å². The molecular formula is C34H39F2N3O6S. The van der Waals surface area contributed by atoms with Gasteiger partial charge in [0.15, 0.2) is 11.6 Å². The van der Waals surface area contributed by atoms with Crippen LogP contribution in [0.25, 0.3) is 20.8 Å². The minimum atomic E-state index is -1.11. The van der Waals surface area contributed by atoms with Gasteiger partial charge in [0.2, 0.25) is 5.82 Å². The highest BCUT2D eigenvalue weighted by atomic mass is 32.1. The van der Waals surface area contributed by atoms with Crippen LogP contribution in [0.15, 0.2) is 48.8 Å². The average molecular weight is 656 g/mol. The number of ketones is 1. The maximum atomic E-state index is 15.0. The minimum Gasteiger partial charge on any atom is -0.453 e. The molecule has 1 aliphatic carbocycles. The SMILES string of the molecule is COCCOCCOCCOCCNCc1ccc(-c2cc3nccc(Oc4ccc(CC(=O)CC5CC5)c(F)c4F)c3s2)nc1. The fourth-order valence-corrected chi connectivity index (χ4v) is 5.73. The predicted octanol–water partition coefficient (Wildman–Crippen LogP) is 6.13. The molecule has 4 aromatic rings. The van der Waals surface area contributed by atoms with Crippen LogP contribution in [-0.2, 0) is 36.7 Å². The number of fused-ring (bicyclic) bond motifs is 1. The van der Waals surface area contributed by atoms with Gasteiger partial charge in [-0.3, -0.25) is 14.8 Å². The zero-order valence-corrected chi connectivity index (χ0v) is 26.7. The van der Waals surface area contributed by atoms with Gasteiger partial charge in [-0.05, 0) is 48.1 Å². The molecule has 46 heavy (non-hydrogen) atoms. The van der Waals surface area contributed by atoms with Gasteiger partial charge in [0.25, 0.3) is 0 Å². The second-order valence-electron chi connectivity index (χ2n) is 11.0. The molecule has 0 bridgehead atoms. The summed E-state index contributed by atoms with van der Waals surface area (Å²) in [6, 6.07) is 10.2. The number of rotatable bonds is 21. The molecule has 0 saturated heterocycles. The first-order valence-corrected chi connectivity index (χ1v) is 16.3.